The van der Waals surface area contributed by atoms with Gasteiger partial charge in [-0.25, -0.2) is 0 Å². The second-order valence-electron chi connectivity index (χ2n) is 4.80. The molecular weight excluding hydrogens is 270 g/mol. The van der Waals surface area contributed by atoms with Gasteiger partial charge in [0.15, 0.2) is 0 Å². The van der Waals surface area contributed by atoms with E-state index in [4.69, 9.17) is 11.6 Å². The molecule has 0 aliphatic rings. The van der Waals surface area contributed by atoms with Crippen LogP contribution in [0, 0.1) is 0 Å². The number of benzene rings is 2. The first kappa shape index (κ1) is 14.6. The molecule has 20 heavy (non-hydrogen) atoms. The molecule has 0 saturated carbocycles. The van der Waals surface area contributed by atoms with Gasteiger partial charge in [0.2, 0.25) is 5.91 Å². The summed E-state index contributed by atoms with van der Waals surface area (Å²) in [7, 11) is 0. The number of hydrogen-bond acceptors (Lipinski definition) is 1. The maximum absolute atomic E-state index is 12.1. The van der Waals surface area contributed by atoms with E-state index in [2.05, 4.69) is 5.32 Å². The lowest BCUT2D eigenvalue weighted by molar-refractivity contribution is -0.122. The third-order valence-electron chi connectivity index (χ3n) is 3.34. The fraction of sp³-hybridized carbons (Fsp3) is 0.235. The summed E-state index contributed by atoms with van der Waals surface area (Å²) in [5.74, 6) is 0.411. The molecule has 1 unspecified atom stereocenters. The van der Waals surface area contributed by atoms with Gasteiger partial charge in [-0.1, -0.05) is 54.6 Å². The molecule has 0 radical (unpaired) electrons. The van der Waals surface area contributed by atoms with Gasteiger partial charge in [0.05, 0.1) is 5.92 Å². The molecule has 0 aliphatic heterocycles. The molecule has 0 saturated heterocycles. The number of carbonyl (C=O) groups excluding carboxylic acids is 1. The molecule has 2 aromatic rings. The van der Waals surface area contributed by atoms with E-state index in [0.29, 0.717) is 12.4 Å². The predicted octanol–water partition coefficient (Wildman–Crippen LogP) is 3.85. The molecule has 0 heterocycles. The van der Waals surface area contributed by atoms with Gasteiger partial charge >= 0.3 is 0 Å². The van der Waals surface area contributed by atoms with Crippen LogP contribution in [0.5, 0.6) is 0 Å². The Balaban J connectivity index is 1.91. The number of halogens is 1. The van der Waals surface area contributed by atoms with Crippen molar-refractivity contribution < 1.29 is 4.79 Å². The van der Waals surface area contributed by atoms with Crippen LogP contribution in [0.1, 0.15) is 29.5 Å². The maximum atomic E-state index is 12.1. The van der Waals surface area contributed by atoms with Crippen molar-refractivity contribution in [3.8, 4) is 0 Å². The molecule has 2 nitrogen and oxygen atoms in total. The average molecular weight is 288 g/mol. The Kier molecular flexibility index (Phi) is 5.19. The lowest BCUT2D eigenvalue weighted by atomic mass is 10.0. The zero-order valence-electron chi connectivity index (χ0n) is 11.5. The highest BCUT2D eigenvalue weighted by Crippen LogP contribution is 2.14. The lowest BCUT2D eigenvalue weighted by Crippen LogP contribution is -2.27. The summed E-state index contributed by atoms with van der Waals surface area (Å²) in [6.45, 7) is 2.46. The normalized spacial score (nSPS) is 11.9. The minimum absolute atomic E-state index is 0.0395. The van der Waals surface area contributed by atoms with Crippen LogP contribution in [0.25, 0.3) is 0 Å². The standard InChI is InChI=1S/C17H18ClNO/c1-13(16-5-3-2-4-6-16)17(20)19-12-15-9-7-14(11-18)8-10-15/h2-10,13H,11-12H2,1H3,(H,19,20). The molecule has 3 heteroatoms. The third-order valence-corrected chi connectivity index (χ3v) is 3.65. The van der Waals surface area contributed by atoms with Gasteiger partial charge in [0.25, 0.3) is 0 Å². The fourth-order valence-corrected chi connectivity index (χ4v) is 2.16. The minimum atomic E-state index is -0.140. The van der Waals surface area contributed by atoms with Crippen LogP contribution < -0.4 is 5.32 Å². The van der Waals surface area contributed by atoms with E-state index in [0.717, 1.165) is 16.7 Å². The zero-order valence-corrected chi connectivity index (χ0v) is 12.2. The van der Waals surface area contributed by atoms with Gasteiger partial charge in [-0.15, -0.1) is 11.6 Å². The number of amides is 1. The molecule has 2 rings (SSSR count). The summed E-state index contributed by atoms with van der Waals surface area (Å²) < 4.78 is 0. The number of nitrogens with one attached hydrogen (secondary N) is 1. The van der Waals surface area contributed by atoms with Crippen molar-refractivity contribution in [3.05, 3.63) is 71.3 Å². The topological polar surface area (TPSA) is 29.1 Å². The highest BCUT2D eigenvalue weighted by atomic mass is 35.5. The molecule has 2 aromatic carbocycles. The van der Waals surface area contributed by atoms with E-state index < -0.39 is 0 Å². The first-order valence-corrected chi connectivity index (χ1v) is 7.20. The predicted molar refractivity (Wildman–Crippen MR) is 82.7 cm³/mol. The zero-order chi connectivity index (χ0) is 14.4. The molecule has 0 aliphatic carbocycles. The minimum Gasteiger partial charge on any atom is -0.352 e. The molecule has 0 fully saturated rings. The molecule has 0 bridgehead atoms. The number of rotatable bonds is 5. The highest BCUT2D eigenvalue weighted by molar-refractivity contribution is 6.17. The first-order chi connectivity index (χ1) is 9.70. The molecule has 0 spiro atoms. The third kappa shape index (κ3) is 3.84. The van der Waals surface area contributed by atoms with Gasteiger partial charge in [0.1, 0.15) is 0 Å². The van der Waals surface area contributed by atoms with Gasteiger partial charge in [-0.3, -0.25) is 4.79 Å². The Morgan fingerprint density at radius 1 is 1.05 bits per heavy atom. The monoisotopic (exact) mass is 287 g/mol. The summed E-state index contributed by atoms with van der Waals surface area (Å²) in [5, 5.41) is 2.96. The van der Waals surface area contributed by atoms with E-state index in [1.165, 1.54) is 0 Å². The van der Waals surface area contributed by atoms with E-state index in [9.17, 15) is 4.79 Å². The number of carbonyl (C=O) groups is 1. The van der Waals surface area contributed by atoms with E-state index in [1.54, 1.807) is 0 Å². The van der Waals surface area contributed by atoms with Gasteiger partial charge < -0.3 is 5.32 Å². The Bertz CT molecular complexity index is 551. The Hall–Kier alpha value is -1.80. The summed E-state index contributed by atoms with van der Waals surface area (Å²) in [6, 6.07) is 17.7. The lowest BCUT2D eigenvalue weighted by Gasteiger charge is -2.12. The van der Waals surface area contributed by atoms with Crippen LogP contribution in [-0.2, 0) is 17.2 Å². The summed E-state index contributed by atoms with van der Waals surface area (Å²) in [6.07, 6.45) is 0. The van der Waals surface area contributed by atoms with Gasteiger partial charge in [0, 0.05) is 12.4 Å². The van der Waals surface area contributed by atoms with Crippen molar-refractivity contribution in [2.24, 2.45) is 0 Å². The summed E-state index contributed by atoms with van der Waals surface area (Å²) in [5.41, 5.74) is 3.19. The van der Waals surface area contributed by atoms with Crippen LogP contribution in [0.15, 0.2) is 54.6 Å². The van der Waals surface area contributed by atoms with Crippen molar-refractivity contribution in [3.63, 3.8) is 0 Å². The Labute approximate surface area is 124 Å². The van der Waals surface area contributed by atoms with E-state index in [-0.39, 0.29) is 11.8 Å². The molecule has 1 N–H and O–H groups in total. The second-order valence-corrected chi connectivity index (χ2v) is 5.07. The maximum Gasteiger partial charge on any atom is 0.227 e. The fourth-order valence-electron chi connectivity index (χ4n) is 1.98. The van der Waals surface area contributed by atoms with Crippen LogP contribution in [0.2, 0.25) is 0 Å². The summed E-state index contributed by atoms with van der Waals surface area (Å²) in [4.78, 5) is 12.1. The number of alkyl halides is 1. The van der Waals surface area contributed by atoms with Crippen LogP contribution in [0.3, 0.4) is 0 Å². The van der Waals surface area contributed by atoms with Crippen LogP contribution >= 0.6 is 11.6 Å². The average Bonchev–Trinajstić information content (AvgIpc) is 2.53. The molecule has 0 aromatic heterocycles. The second kappa shape index (κ2) is 7.11. The molecule has 1 amide bonds. The largest absolute Gasteiger partial charge is 0.352 e. The van der Waals surface area contributed by atoms with Crippen molar-refractivity contribution in [2.45, 2.75) is 25.3 Å². The Morgan fingerprint density at radius 3 is 2.25 bits per heavy atom. The van der Waals surface area contributed by atoms with Crippen LogP contribution in [-0.4, -0.2) is 5.91 Å². The van der Waals surface area contributed by atoms with E-state index in [1.807, 2.05) is 61.5 Å². The Morgan fingerprint density at radius 2 is 1.65 bits per heavy atom. The van der Waals surface area contributed by atoms with Crippen LogP contribution in [0.4, 0.5) is 0 Å². The number of hydrogen-bond donors (Lipinski definition) is 1. The van der Waals surface area contributed by atoms with E-state index >= 15 is 0 Å². The first-order valence-electron chi connectivity index (χ1n) is 6.67. The quantitative estimate of drug-likeness (QED) is 0.832. The molecular formula is C17H18ClNO. The van der Waals surface area contributed by atoms with Crippen molar-refractivity contribution in [1.29, 1.82) is 0 Å². The smallest absolute Gasteiger partial charge is 0.227 e. The highest BCUT2D eigenvalue weighted by Gasteiger charge is 2.14. The molecule has 104 valence electrons. The SMILES string of the molecule is CC(C(=O)NCc1ccc(CCl)cc1)c1ccccc1. The van der Waals surface area contributed by atoms with Crippen molar-refractivity contribution in [1.82, 2.24) is 5.32 Å². The van der Waals surface area contributed by atoms with Crippen molar-refractivity contribution >= 4 is 17.5 Å². The molecule has 1 atom stereocenters. The van der Waals surface area contributed by atoms with Gasteiger partial charge in [-0.05, 0) is 23.6 Å². The summed E-state index contributed by atoms with van der Waals surface area (Å²) >= 11 is 5.75. The van der Waals surface area contributed by atoms with Gasteiger partial charge in [-0.2, -0.15) is 0 Å². The van der Waals surface area contributed by atoms with Crippen molar-refractivity contribution in [2.75, 3.05) is 0 Å².